The number of aromatic hydroxyl groups is 1. The van der Waals surface area contributed by atoms with Crippen molar-refractivity contribution in [3.63, 3.8) is 0 Å². The highest BCUT2D eigenvalue weighted by molar-refractivity contribution is 7.12. The topological polar surface area (TPSA) is 45.0 Å². The maximum Gasteiger partial charge on any atom is 0.124 e. The third kappa shape index (κ3) is 2.69. The van der Waals surface area contributed by atoms with E-state index in [4.69, 9.17) is 9.98 Å². The molecule has 0 unspecified atom stereocenters. The van der Waals surface area contributed by atoms with Crippen molar-refractivity contribution in [3.05, 3.63) is 76.5 Å². The van der Waals surface area contributed by atoms with Crippen LogP contribution in [0.1, 0.15) is 16.9 Å². The number of rotatable bonds is 2. The minimum absolute atomic E-state index is 0.246. The second-order valence-corrected chi connectivity index (χ2v) is 6.22. The average Bonchev–Trinajstić information content (AvgIpc) is 3.03. The van der Waals surface area contributed by atoms with Gasteiger partial charge in [-0.15, -0.1) is 11.3 Å². The first-order valence-electron chi connectivity index (χ1n) is 7.38. The normalized spacial score (nSPS) is 13.7. The molecule has 0 atom stereocenters. The van der Waals surface area contributed by atoms with Gasteiger partial charge < -0.3 is 5.11 Å². The predicted octanol–water partition coefficient (Wildman–Crippen LogP) is 5.10. The predicted molar refractivity (Wildman–Crippen MR) is 95.9 cm³/mol. The summed E-state index contributed by atoms with van der Waals surface area (Å²) in [5.41, 5.74) is 4.26. The van der Waals surface area contributed by atoms with E-state index in [2.05, 4.69) is 6.07 Å². The lowest BCUT2D eigenvalue weighted by molar-refractivity contribution is 0.474. The van der Waals surface area contributed by atoms with Gasteiger partial charge >= 0.3 is 0 Å². The summed E-state index contributed by atoms with van der Waals surface area (Å²) >= 11 is 1.67. The highest BCUT2D eigenvalue weighted by atomic mass is 32.1. The van der Waals surface area contributed by atoms with Gasteiger partial charge in [0.2, 0.25) is 0 Å². The Morgan fingerprint density at radius 2 is 1.48 bits per heavy atom. The highest BCUT2D eigenvalue weighted by Crippen LogP contribution is 2.34. The summed E-state index contributed by atoms with van der Waals surface area (Å²) in [6.45, 7) is 0. The maximum atomic E-state index is 10.2. The lowest BCUT2D eigenvalue weighted by Gasteiger charge is -2.08. The zero-order valence-corrected chi connectivity index (χ0v) is 13.1. The highest BCUT2D eigenvalue weighted by Gasteiger charge is 2.18. The minimum Gasteiger partial charge on any atom is -0.507 e. The number of phenols is 1. The van der Waals surface area contributed by atoms with Crippen LogP contribution in [0.25, 0.3) is 0 Å². The van der Waals surface area contributed by atoms with E-state index in [0.717, 1.165) is 33.2 Å². The molecule has 2 aromatic carbocycles. The Kier molecular flexibility index (Phi) is 3.52. The number of hydrogen-bond acceptors (Lipinski definition) is 4. The van der Waals surface area contributed by atoms with Crippen LogP contribution in [-0.4, -0.2) is 16.5 Å². The quantitative estimate of drug-likeness (QED) is 0.702. The zero-order chi connectivity index (χ0) is 15.6. The van der Waals surface area contributed by atoms with Crippen LogP contribution in [-0.2, 0) is 0 Å². The number of fused-ring (bicyclic) bond motifs is 1. The molecule has 3 nitrogen and oxygen atoms in total. The van der Waals surface area contributed by atoms with Crippen molar-refractivity contribution in [2.75, 3.05) is 0 Å². The van der Waals surface area contributed by atoms with E-state index in [9.17, 15) is 5.11 Å². The van der Waals surface area contributed by atoms with Crippen molar-refractivity contribution in [2.24, 2.45) is 9.98 Å². The second kappa shape index (κ2) is 5.82. The molecule has 3 aromatic rings. The molecule has 0 saturated heterocycles. The van der Waals surface area contributed by atoms with Gasteiger partial charge in [0.05, 0.1) is 22.8 Å². The molecule has 112 valence electrons. The molecule has 0 radical (unpaired) electrons. The van der Waals surface area contributed by atoms with E-state index >= 15 is 0 Å². The molecule has 0 spiro atoms. The lowest BCUT2D eigenvalue weighted by atomic mass is 10.0. The molecule has 0 aliphatic carbocycles. The fraction of sp³-hybridized carbons (Fsp3) is 0.0526. The molecule has 0 fully saturated rings. The molecule has 0 saturated carbocycles. The first kappa shape index (κ1) is 13.9. The molecule has 0 bridgehead atoms. The number of phenolic OH excluding ortho intramolecular Hbond substituents is 1. The second-order valence-electron chi connectivity index (χ2n) is 5.28. The number of benzene rings is 2. The van der Waals surface area contributed by atoms with Crippen LogP contribution in [0.15, 0.2) is 76.0 Å². The molecule has 23 heavy (non-hydrogen) atoms. The van der Waals surface area contributed by atoms with Crippen LogP contribution in [0.2, 0.25) is 0 Å². The average molecular weight is 318 g/mol. The van der Waals surface area contributed by atoms with Crippen molar-refractivity contribution >= 4 is 34.1 Å². The Hall–Kier alpha value is -2.72. The lowest BCUT2D eigenvalue weighted by Crippen LogP contribution is -2.08. The smallest absolute Gasteiger partial charge is 0.124 e. The monoisotopic (exact) mass is 318 g/mol. The van der Waals surface area contributed by atoms with Crippen LogP contribution in [0, 0.1) is 0 Å². The number of para-hydroxylation sites is 3. The van der Waals surface area contributed by atoms with Gasteiger partial charge in [-0.05, 0) is 35.7 Å². The van der Waals surface area contributed by atoms with Crippen LogP contribution in [0.3, 0.4) is 0 Å². The van der Waals surface area contributed by atoms with Crippen molar-refractivity contribution < 1.29 is 5.11 Å². The maximum absolute atomic E-state index is 10.2. The van der Waals surface area contributed by atoms with Gasteiger partial charge in [-0.1, -0.05) is 30.3 Å². The molecule has 1 aliphatic heterocycles. The molecule has 4 rings (SSSR count). The Bertz CT molecular complexity index is 911. The van der Waals surface area contributed by atoms with Crippen LogP contribution in [0.4, 0.5) is 11.4 Å². The molecule has 1 aromatic heterocycles. The fourth-order valence-electron chi connectivity index (χ4n) is 2.64. The largest absolute Gasteiger partial charge is 0.507 e. The number of hydrogen-bond donors (Lipinski definition) is 1. The Labute approximate surface area is 138 Å². The van der Waals surface area contributed by atoms with Gasteiger partial charge in [0.1, 0.15) is 5.75 Å². The summed E-state index contributed by atoms with van der Waals surface area (Å²) in [7, 11) is 0. The van der Waals surface area contributed by atoms with Gasteiger partial charge in [0.25, 0.3) is 0 Å². The van der Waals surface area contributed by atoms with Gasteiger partial charge in [0.15, 0.2) is 0 Å². The zero-order valence-electron chi connectivity index (χ0n) is 12.3. The molecule has 1 N–H and O–H groups in total. The van der Waals surface area contributed by atoms with E-state index < -0.39 is 0 Å². The molecule has 4 heteroatoms. The van der Waals surface area contributed by atoms with E-state index in [0.29, 0.717) is 6.42 Å². The standard InChI is InChI=1S/C19H14N2OS/c22-18-9-4-1-6-13(18)16-12-17(19-10-5-11-23-19)21-15-8-3-2-7-14(15)20-16/h1-11,22H,12H2. The van der Waals surface area contributed by atoms with Gasteiger partial charge in [0, 0.05) is 16.9 Å². The van der Waals surface area contributed by atoms with Crippen LogP contribution < -0.4 is 0 Å². The molecule has 2 heterocycles. The Balaban J connectivity index is 1.90. The summed E-state index contributed by atoms with van der Waals surface area (Å²) in [6.07, 6.45) is 0.590. The Morgan fingerprint density at radius 1 is 0.783 bits per heavy atom. The van der Waals surface area contributed by atoms with Crippen LogP contribution >= 0.6 is 11.3 Å². The molecular weight excluding hydrogens is 304 g/mol. The van der Waals surface area contributed by atoms with Gasteiger partial charge in [-0.25, -0.2) is 4.99 Å². The van der Waals surface area contributed by atoms with E-state index in [1.807, 2.05) is 53.9 Å². The van der Waals surface area contributed by atoms with Gasteiger partial charge in [-0.3, -0.25) is 4.99 Å². The molecular formula is C19H14N2OS. The summed E-state index contributed by atoms with van der Waals surface area (Å²) in [5.74, 6) is 0.246. The first-order valence-corrected chi connectivity index (χ1v) is 8.25. The number of thiophene rings is 1. The fourth-order valence-corrected chi connectivity index (χ4v) is 3.35. The SMILES string of the molecule is Oc1ccccc1C1=Nc2ccccc2N=C(c2cccs2)C1. The first-order chi connectivity index (χ1) is 11.3. The van der Waals surface area contributed by atoms with Crippen molar-refractivity contribution in [1.82, 2.24) is 0 Å². The van der Waals surface area contributed by atoms with E-state index in [1.165, 1.54) is 0 Å². The third-order valence-electron chi connectivity index (χ3n) is 3.75. The third-order valence-corrected chi connectivity index (χ3v) is 4.67. The summed E-state index contributed by atoms with van der Waals surface area (Å²) in [4.78, 5) is 10.7. The van der Waals surface area contributed by atoms with Crippen molar-refractivity contribution in [3.8, 4) is 5.75 Å². The minimum atomic E-state index is 0.246. The van der Waals surface area contributed by atoms with E-state index in [1.54, 1.807) is 17.4 Å². The molecule has 1 aliphatic rings. The Morgan fingerprint density at radius 3 is 2.17 bits per heavy atom. The van der Waals surface area contributed by atoms with Crippen molar-refractivity contribution in [1.29, 1.82) is 0 Å². The summed E-state index contributed by atoms with van der Waals surface area (Å²) in [6, 6.07) is 19.3. The summed E-state index contributed by atoms with van der Waals surface area (Å²) in [5, 5.41) is 12.2. The summed E-state index contributed by atoms with van der Waals surface area (Å²) < 4.78 is 0. The van der Waals surface area contributed by atoms with E-state index in [-0.39, 0.29) is 5.75 Å². The number of nitrogens with zero attached hydrogens (tertiary/aromatic N) is 2. The van der Waals surface area contributed by atoms with Gasteiger partial charge in [-0.2, -0.15) is 0 Å². The van der Waals surface area contributed by atoms with Crippen molar-refractivity contribution in [2.45, 2.75) is 6.42 Å². The molecule has 0 amide bonds. The number of aliphatic imine (C=N–C) groups is 2. The van der Waals surface area contributed by atoms with Crippen LogP contribution in [0.5, 0.6) is 5.75 Å².